The van der Waals surface area contributed by atoms with Crippen molar-refractivity contribution in [2.45, 2.75) is 55.3 Å². The van der Waals surface area contributed by atoms with Gasteiger partial charge in [0.15, 0.2) is 0 Å². The van der Waals surface area contributed by atoms with Crippen LogP contribution in [0.4, 0.5) is 0 Å². The molecule has 9 nitrogen and oxygen atoms in total. The fraction of sp³-hybridized carbons (Fsp3) is 0.455. The van der Waals surface area contributed by atoms with Crippen LogP contribution in [0.5, 0.6) is 0 Å². The van der Waals surface area contributed by atoms with Gasteiger partial charge in [0.05, 0.1) is 22.5 Å². The van der Waals surface area contributed by atoms with Crippen molar-refractivity contribution in [2.75, 3.05) is 19.8 Å². The van der Waals surface area contributed by atoms with Crippen molar-refractivity contribution < 1.29 is 40.2 Å². The molecule has 0 aliphatic carbocycles. The van der Waals surface area contributed by atoms with E-state index in [0.717, 1.165) is 11.1 Å². The summed E-state index contributed by atoms with van der Waals surface area (Å²) in [4.78, 5) is -0.354. The summed E-state index contributed by atoms with van der Waals surface area (Å²) in [6.45, 7) is 4.16. The van der Waals surface area contributed by atoms with Gasteiger partial charge in [0.2, 0.25) is 5.79 Å². The lowest BCUT2D eigenvalue weighted by Crippen LogP contribution is -2.41. The number of ether oxygens (including phenoxy) is 1. The Kier molecular flexibility index (Phi) is 9.56. The van der Waals surface area contributed by atoms with Crippen molar-refractivity contribution in [3.05, 3.63) is 59.7 Å². The molecule has 0 aromatic heterocycles. The number of aryl methyl sites for hydroxylation is 2. The van der Waals surface area contributed by atoms with Crippen LogP contribution < -0.4 is 0 Å². The van der Waals surface area contributed by atoms with Crippen LogP contribution in [-0.2, 0) is 33.3 Å². The third-order valence-corrected chi connectivity index (χ3v) is 7.30. The summed E-state index contributed by atoms with van der Waals surface area (Å²) in [5.74, 6) is -2.52. The zero-order chi connectivity index (χ0) is 24.7. The van der Waals surface area contributed by atoms with E-state index >= 15 is 0 Å². The number of hydrogen-bond acceptors (Lipinski definition) is 9. The van der Waals surface area contributed by atoms with Gasteiger partial charge in [-0.05, 0) is 51.5 Å². The third kappa shape index (κ3) is 8.78. The van der Waals surface area contributed by atoms with E-state index in [2.05, 4.69) is 0 Å². The van der Waals surface area contributed by atoms with Gasteiger partial charge in [-0.2, -0.15) is 16.8 Å². The van der Waals surface area contributed by atoms with E-state index < -0.39 is 45.2 Å². The Morgan fingerprint density at radius 2 is 1.33 bits per heavy atom. The largest absolute Gasteiger partial charge is 0.393 e. The lowest BCUT2D eigenvalue weighted by molar-refractivity contribution is -0.168. The number of aliphatic hydroxyl groups is 2. The molecule has 0 aliphatic rings. The van der Waals surface area contributed by atoms with Gasteiger partial charge < -0.3 is 14.9 Å². The van der Waals surface area contributed by atoms with Crippen LogP contribution in [0.1, 0.15) is 30.9 Å². The average molecular weight is 503 g/mol. The Labute approximate surface area is 195 Å². The highest BCUT2D eigenvalue weighted by Crippen LogP contribution is 2.25. The molecule has 2 unspecified atom stereocenters. The highest BCUT2D eigenvalue weighted by Gasteiger charge is 2.37. The van der Waals surface area contributed by atoms with Crippen molar-refractivity contribution in [1.82, 2.24) is 0 Å². The molecule has 0 saturated carbocycles. The van der Waals surface area contributed by atoms with E-state index in [1.165, 1.54) is 24.3 Å². The second-order valence-electron chi connectivity index (χ2n) is 7.83. The Morgan fingerprint density at radius 1 is 0.848 bits per heavy atom. The van der Waals surface area contributed by atoms with Gasteiger partial charge in [0, 0.05) is 13.0 Å². The first-order valence-electron chi connectivity index (χ1n) is 10.3. The van der Waals surface area contributed by atoms with Gasteiger partial charge in [-0.3, -0.25) is 4.18 Å². The summed E-state index contributed by atoms with van der Waals surface area (Å²) in [6.07, 6.45) is -0.661. The summed E-state index contributed by atoms with van der Waals surface area (Å²) in [5, 5.41) is 20.2. The van der Waals surface area contributed by atoms with E-state index in [9.17, 15) is 27.0 Å². The Morgan fingerprint density at radius 3 is 1.82 bits per heavy atom. The minimum absolute atomic E-state index is 0.148. The van der Waals surface area contributed by atoms with Gasteiger partial charge in [-0.25, -0.2) is 4.18 Å². The number of benzene rings is 2. The predicted molar refractivity (Wildman–Crippen MR) is 120 cm³/mol. The number of hydrogen-bond donors (Lipinski definition) is 2. The molecule has 2 atom stereocenters. The third-order valence-electron chi connectivity index (χ3n) is 4.64. The summed E-state index contributed by atoms with van der Waals surface area (Å²) in [7, 11) is -8.74. The molecule has 2 N–H and O–H groups in total. The summed E-state index contributed by atoms with van der Waals surface area (Å²) in [5.41, 5.74) is 1.66. The highest BCUT2D eigenvalue weighted by molar-refractivity contribution is 7.87. The minimum atomic E-state index is -4.45. The van der Waals surface area contributed by atoms with Crippen molar-refractivity contribution in [1.29, 1.82) is 0 Å². The van der Waals surface area contributed by atoms with Crippen molar-refractivity contribution >= 4 is 20.2 Å². The molecular formula is C22H30O9S2. The first kappa shape index (κ1) is 27.4. The molecule has 0 saturated heterocycles. The summed E-state index contributed by atoms with van der Waals surface area (Å²) < 4.78 is 65.7. The van der Waals surface area contributed by atoms with E-state index in [0.29, 0.717) is 6.42 Å². The van der Waals surface area contributed by atoms with Gasteiger partial charge >= 0.3 is 0 Å². The number of rotatable bonds is 13. The molecule has 11 heteroatoms. The zero-order valence-corrected chi connectivity index (χ0v) is 20.4. The van der Waals surface area contributed by atoms with Gasteiger partial charge in [0.25, 0.3) is 20.2 Å². The van der Waals surface area contributed by atoms with Crippen LogP contribution in [0.3, 0.4) is 0 Å². The fourth-order valence-electron chi connectivity index (χ4n) is 2.63. The first-order valence-corrected chi connectivity index (χ1v) is 13.1. The Balaban J connectivity index is 2.18. The maximum Gasteiger partial charge on any atom is 0.299 e. The molecule has 184 valence electrons. The summed E-state index contributed by atoms with van der Waals surface area (Å²) in [6, 6.07) is 11.6. The van der Waals surface area contributed by atoms with Crippen molar-refractivity contribution in [2.24, 2.45) is 0 Å². The quantitative estimate of drug-likeness (QED) is 0.240. The molecule has 0 bridgehead atoms. The molecule has 0 aliphatic heterocycles. The van der Waals surface area contributed by atoms with Crippen molar-refractivity contribution in [3.8, 4) is 0 Å². The first-order chi connectivity index (χ1) is 15.3. The maximum absolute atomic E-state index is 12.7. The van der Waals surface area contributed by atoms with Crippen LogP contribution >= 0.6 is 0 Å². The van der Waals surface area contributed by atoms with E-state index in [4.69, 9.17) is 13.1 Å². The predicted octanol–water partition coefficient (Wildman–Crippen LogP) is 2.28. The molecule has 0 spiro atoms. The second-order valence-corrected chi connectivity index (χ2v) is 11.0. The molecule has 2 aromatic rings. The van der Waals surface area contributed by atoms with Crippen molar-refractivity contribution in [3.63, 3.8) is 0 Å². The fourth-order valence-corrected chi connectivity index (χ4v) is 4.68. The molecule has 0 radical (unpaired) electrons. The molecule has 2 aromatic carbocycles. The molecular weight excluding hydrogens is 472 g/mol. The molecule has 33 heavy (non-hydrogen) atoms. The van der Waals surface area contributed by atoms with Gasteiger partial charge in [0.1, 0.15) is 6.61 Å². The van der Waals surface area contributed by atoms with Crippen LogP contribution in [-0.4, -0.2) is 58.8 Å². The Hall–Kier alpha value is -1.86. The normalized spacial score (nSPS) is 15.2. The average Bonchev–Trinajstić information content (AvgIpc) is 2.72. The van der Waals surface area contributed by atoms with Crippen LogP contribution in [0, 0.1) is 13.8 Å². The van der Waals surface area contributed by atoms with E-state index in [-0.39, 0.29) is 23.0 Å². The van der Waals surface area contributed by atoms with Crippen LogP contribution in [0.15, 0.2) is 58.3 Å². The summed E-state index contributed by atoms with van der Waals surface area (Å²) >= 11 is 0. The van der Waals surface area contributed by atoms with E-state index in [1.807, 2.05) is 0 Å². The molecule has 0 amide bonds. The van der Waals surface area contributed by atoms with Gasteiger partial charge in [-0.15, -0.1) is 0 Å². The number of aliphatic hydroxyl groups excluding tert-OH is 1. The minimum Gasteiger partial charge on any atom is -0.393 e. The lowest BCUT2D eigenvalue weighted by atomic mass is 10.2. The lowest BCUT2D eigenvalue weighted by Gasteiger charge is -2.27. The molecule has 2 rings (SSSR count). The maximum atomic E-state index is 12.7. The standard InChI is InChI=1S/C22H30O9S2/c1-17-4-8-20(9-5-17)32(25,26)30-16-22(24,13-15-29-14-12-19(3)23)31-33(27,28)21-10-6-18(2)7-11-21/h4-11,19,23-24H,12-16H2,1-3H3. The SMILES string of the molecule is Cc1ccc(S(=O)(=O)OCC(O)(CCOCCC(C)O)OS(=O)(=O)c2ccc(C)cc2)cc1. The zero-order valence-electron chi connectivity index (χ0n) is 18.8. The Bertz CT molecular complexity index is 1090. The van der Waals surface area contributed by atoms with Gasteiger partial charge in [-0.1, -0.05) is 35.4 Å². The topological polar surface area (TPSA) is 136 Å². The second kappa shape index (κ2) is 11.5. The van der Waals surface area contributed by atoms with Crippen LogP contribution in [0.25, 0.3) is 0 Å². The smallest absolute Gasteiger partial charge is 0.299 e. The monoisotopic (exact) mass is 502 g/mol. The highest BCUT2D eigenvalue weighted by atomic mass is 32.2. The van der Waals surface area contributed by atoms with E-state index in [1.54, 1.807) is 45.0 Å². The van der Waals surface area contributed by atoms with Crippen LogP contribution in [0.2, 0.25) is 0 Å². The molecule has 0 heterocycles. The molecule has 0 fully saturated rings.